The molecule has 1 unspecified atom stereocenters. The van der Waals surface area contributed by atoms with E-state index in [4.69, 9.17) is 5.73 Å². The Balaban J connectivity index is 1.99. The molecule has 82 valence electrons. The van der Waals surface area contributed by atoms with E-state index in [1.807, 2.05) is 0 Å². The van der Waals surface area contributed by atoms with Crippen molar-refractivity contribution in [2.45, 2.75) is 51.5 Å². The van der Waals surface area contributed by atoms with Gasteiger partial charge in [0.15, 0.2) is 0 Å². The minimum absolute atomic E-state index is 0.187. The van der Waals surface area contributed by atoms with E-state index in [2.05, 4.69) is 12.2 Å². The summed E-state index contributed by atoms with van der Waals surface area (Å²) >= 11 is 0. The fourth-order valence-corrected chi connectivity index (χ4v) is 1.69. The molecule has 0 saturated heterocycles. The van der Waals surface area contributed by atoms with E-state index in [0.29, 0.717) is 19.0 Å². The summed E-state index contributed by atoms with van der Waals surface area (Å²) in [6.45, 7) is 2.78. The molecule has 3 nitrogen and oxygen atoms in total. The summed E-state index contributed by atoms with van der Waals surface area (Å²) < 4.78 is 0. The Bertz CT molecular complexity index is 178. The van der Waals surface area contributed by atoms with Gasteiger partial charge in [0.2, 0.25) is 5.91 Å². The molecule has 1 amide bonds. The number of carbonyl (C=O) groups is 1. The van der Waals surface area contributed by atoms with Gasteiger partial charge in [-0.2, -0.15) is 0 Å². The molecule has 0 aromatic heterocycles. The molecular weight excluding hydrogens is 176 g/mol. The van der Waals surface area contributed by atoms with E-state index in [1.165, 1.54) is 12.8 Å². The first-order valence-corrected chi connectivity index (χ1v) is 5.71. The van der Waals surface area contributed by atoms with Gasteiger partial charge in [0.1, 0.15) is 0 Å². The summed E-state index contributed by atoms with van der Waals surface area (Å²) in [5, 5.41) is 3.03. The highest BCUT2D eigenvalue weighted by molar-refractivity contribution is 5.76. The lowest BCUT2D eigenvalue weighted by Gasteiger charge is -2.12. The highest BCUT2D eigenvalue weighted by atomic mass is 16.1. The van der Waals surface area contributed by atoms with Gasteiger partial charge in [-0.3, -0.25) is 4.79 Å². The number of nitrogens with one attached hydrogen (secondary N) is 1. The van der Waals surface area contributed by atoms with Crippen molar-refractivity contribution in [3.05, 3.63) is 0 Å². The van der Waals surface area contributed by atoms with Crippen molar-refractivity contribution >= 4 is 5.91 Å². The second-order valence-electron chi connectivity index (χ2n) is 4.39. The molecule has 1 saturated carbocycles. The molecule has 0 bridgehead atoms. The van der Waals surface area contributed by atoms with Crippen LogP contribution in [-0.4, -0.2) is 18.5 Å². The van der Waals surface area contributed by atoms with Crippen molar-refractivity contribution in [3.63, 3.8) is 0 Å². The second-order valence-corrected chi connectivity index (χ2v) is 4.39. The van der Waals surface area contributed by atoms with Crippen LogP contribution in [0.4, 0.5) is 0 Å². The van der Waals surface area contributed by atoms with E-state index >= 15 is 0 Å². The van der Waals surface area contributed by atoms with Gasteiger partial charge in [-0.25, -0.2) is 0 Å². The quantitative estimate of drug-likeness (QED) is 0.608. The zero-order valence-electron chi connectivity index (χ0n) is 9.09. The molecule has 1 rings (SSSR count). The van der Waals surface area contributed by atoms with Gasteiger partial charge in [-0.15, -0.1) is 0 Å². The number of carbonyl (C=O) groups excluding carboxylic acids is 1. The van der Waals surface area contributed by atoms with Crippen molar-refractivity contribution in [2.24, 2.45) is 11.7 Å². The van der Waals surface area contributed by atoms with Crippen LogP contribution in [0.1, 0.15) is 45.4 Å². The lowest BCUT2D eigenvalue weighted by molar-refractivity contribution is -0.121. The maximum Gasteiger partial charge on any atom is 0.220 e. The van der Waals surface area contributed by atoms with Gasteiger partial charge >= 0.3 is 0 Å². The fraction of sp³-hybridized carbons (Fsp3) is 0.909. The van der Waals surface area contributed by atoms with Gasteiger partial charge < -0.3 is 11.1 Å². The van der Waals surface area contributed by atoms with Crippen molar-refractivity contribution < 1.29 is 4.79 Å². The van der Waals surface area contributed by atoms with E-state index in [1.54, 1.807) is 0 Å². The van der Waals surface area contributed by atoms with Crippen LogP contribution in [0.5, 0.6) is 0 Å². The van der Waals surface area contributed by atoms with E-state index in [-0.39, 0.29) is 5.91 Å². The molecule has 3 heteroatoms. The molecule has 1 fully saturated rings. The molecule has 0 aromatic carbocycles. The zero-order chi connectivity index (χ0) is 10.4. The van der Waals surface area contributed by atoms with Crippen molar-refractivity contribution in [1.82, 2.24) is 5.32 Å². The van der Waals surface area contributed by atoms with E-state index in [9.17, 15) is 4.79 Å². The molecule has 0 spiro atoms. The van der Waals surface area contributed by atoms with Gasteiger partial charge in [-0.1, -0.05) is 12.8 Å². The Morgan fingerprint density at radius 1 is 1.50 bits per heavy atom. The maximum atomic E-state index is 11.4. The van der Waals surface area contributed by atoms with Crippen LogP contribution in [0.25, 0.3) is 0 Å². The first kappa shape index (κ1) is 11.5. The highest BCUT2D eigenvalue weighted by Crippen LogP contribution is 2.33. The Morgan fingerprint density at radius 3 is 2.79 bits per heavy atom. The predicted molar refractivity (Wildman–Crippen MR) is 57.9 cm³/mol. The minimum atomic E-state index is 0.187. The average Bonchev–Trinajstić information content (AvgIpc) is 2.88. The van der Waals surface area contributed by atoms with E-state index < -0.39 is 0 Å². The maximum absolute atomic E-state index is 11.4. The SMILES string of the molecule is CC(CC1CC1)NC(=O)CCCCN. The Kier molecular flexibility index (Phi) is 4.94. The first-order valence-electron chi connectivity index (χ1n) is 5.71. The van der Waals surface area contributed by atoms with E-state index in [0.717, 1.165) is 25.2 Å². The Labute approximate surface area is 86.4 Å². The molecule has 1 aliphatic carbocycles. The molecule has 3 N–H and O–H groups in total. The van der Waals surface area contributed by atoms with Crippen LogP contribution >= 0.6 is 0 Å². The van der Waals surface area contributed by atoms with Gasteiger partial charge in [0.05, 0.1) is 0 Å². The summed E-state index contributed by atoms with van der Waals surface area (Å²) in [5.74, 6) is 1.07. The van der Waals surface area contributed by atoms with Gasteiger partial charge in [-0.05, 0) is 38.6 Å². The number of amides is 1. The minimum Gasteiger partial charge on any atom is -0.354 e. The summed E-state index contributed by atoms with van der Waals surface area (Å²) in [6, 6.07) is 0.355. The molecular formula is C11H22N2O. The largest absolute Gasteiger partial charge is 0.354 e. The lowest BCUT2D eigenvalue weighted by Crippen LogP contribution is -2.32. The number of hydrogen-bond acceptors (Lipinski definition) is 2. The molecule has 0 radical (unpaired) electrons. The monoisotopic (exact) mass is 198 g/mol. The average molecular weight is 198 g/mol. The van der Waals surface area contributed by atoms with Crippen LogP contribution in [0, 0.1) is 5.92 Å². The first-order chi connectivity index (χ1) is 6.72. The van der Waals surface area contributed by atoms with Crippen LogP contribution < -0.4 is 11.1 Å². The van der Waals surface area contributed by atoms with Crippen molar-refractivity contribution in [1.29, 1.82) is 0 Å². The molecule has 0 aromatic rings. The topological polar surface area (TPSA) is 55.1 Å². The summed E-state index contributed by atoms with van der Waals surface area (Å²) in [6.07, 6.45) is 6.36. The molecule has 1 atom stereocenters. The smallest absolute Gasteiger partial charge is 0.220 e. The Morgan fingerprint density at radius 2 is 2.21 bits per heavy atom. The summed E-state index contributed by atoms with van der Waals surface area (Å²) in [5.41, 5.74) is 5.36. The molecule has 0 heterocycles. The fourth-order valence-electron chi connectivity index (χ4n) is 1.69. The second kappa shape index (κ2) is 6.02. The van der Waals surface area contributed by atoms with Crippen LogP contribution in [0.2, 0.25) is 0 Å². The van der Waals surface area contributed by atoms with Gasteiger partial charge in [0.25, 0.3) is 0 Å². The predicted octanol–water partition coefficient (Wildman–Crippen LogP) is 1.42. The number of unbranched alkanes of at least 4 members (excludes halogenated alkanes) is 1. The highest BCUT2D eigenvalue weighted by Gasteiger charge is 2.23. The number of nitrogens with two attached hydrogens (primary N) is 1. The summed E-state index contributed by atoms with van der Waals surface area (Å²) in [4.78, 5) is 11.4. The van der Waals surface area contributed by atoms with Crippen molar-refractivity contribution in [2.75, 3.05) is 6.54 Å². The third kappa shape index (κ3) is 5.22. The third-order valence-corrected chi connectivity index (χ3v) is 2.65. The van der Waals surface area contributed by atoms with Gasteiger partial charge in [0, 0.05) is 12.5 Å². The molecule has 14 heavy (non-hydrogen) atoms. The normalized spacial score (nSPS) is 17.9. The van der Waals surface area contributed by atoms with Crippen molar-refractivity contribution in [3.8, 4) is 0 Å². The Hall–Kier alpha value is -0.570. The lowest BCUT2D eigenvalue weighted by atomic mass is 10.1. The zero-order valence-corrected chi connectivity index (χ0v) is 9.09. The molecule has 1 aliphatic rings. The number of hydrogen-bond donors (Lipinski definition) is 2. The third-order valence-electron chi connectivity index (χ3n) is 2.65. The van der Waals surface area contributed by atoms with Crippen LogP contribution in [0.3, 0.4) is 0 Å². The summed E-state index contributed by atoms with van der Waals surface area (Å²) in [7, 11) is 0. The standard InChI is InChI=1S/C11H22N2O/c1-9(8-10-5-6-10)13-11(14)4-2-3-7-12/h9-10H,2-8,12H2,1H3,(H,13,14). The molecule has 0 aliphatic heterocycles. The number of rotatable bonds is 7. The van der Waals surface area contributed by atoms with Crippen LogP contribution in [-0.2, 0) is 4.79 Å². The van der Waals surface area contributed by atoms with Crippen LogP contribution in [0.15, 0.2) is 0 Å².